The number of amides is 1. The highest BCUT2D eigenvalue weighted by Crippen LogP contribution is 2.22. The molecule has 24 heavy (non-hydrogen) atoms. The molecular weight excluding hydrogens is 322 g/mol. The van der Waals surface area contributed by atoms with Crippen molar-refractivity contribution in [2.45, 2.75) is 31.4 Å². The number of carbonyl (C=O) groups excluding carboxylic acids is 1. The van der Waals surface area contributed by atoms with Crippen LogP contribution in [0.15, 0.2) is 48.5 Å². The van der Waals surface area contributed by atoms with E-state index in [0.717, 1.165) is 16.7 Å². The first kappa shape index (κ1) is 18.2. The second kappa shape index (κ2) is 8.64. The largest absolute Gasteiger partial charge is 0.496 e. The Balaban J connectivity index is 1.96. The summed E-state index contributed by atoms with van der Waals surface area (Å²) in [6.45, 7) is 4.11. The van der Waals surface area contributed by atoms with Crippen LogP contribution >= 0.6 is 0 Å². The van der Waals surface area contributed by atoms with Crippen molar-refractivity contribution in [3.63, 3.8) is 0 Å². The minimum Gasteiger partial charge on any atom is -0.496 e. The van der Waals surface area contributed by atoms with Crippen LogP contribution in [0.1, 0.15) is 23.6 Å². The number of aryl methyl sites for hydroxylation is 1. The summed E-state index contributed by atoms with van der Waals surface area (Å²) in [6.07, 6.45) is 0. The fraction of sp³-hybridized carbons (Fsp3) is 0.316. The van der Waals surface area contributed by atoms with Gasteiger partial charge < -0.3 is 10.1 Å². The predicted molar refractivity (Wildman–Crippen MR) is 97.3 cm³/mol. The Morgan fingerprint density at radius 3 is 2.58 bits per heavy atom. The molecule has 0 saturated heterocycles. The van der Waals surface area contributed by atoms with Crippen LogP contribution in [0.2, 0.25) is 0 Å². The van der Waals surface area contributed by atoms with E-state index in [1.54, 1.807) is 14.0 Å². The molecule has 2 atom stereocenters. The normalized spacial score (nSPS) is 13.1. The fourth-order valence-corrected chi connectivity index (χ4v) is 3.45. The summed E-state index contributed by atoms with van der Waals surface area (Å²) in [5.74, 6) is 0.791. The van der Waals surface area contributed by atoms with Crippen LogP contribution < -0.4 is 10.1 Å². The number of hydrogen-bond acceptors (Lipinski definition) is 3. The second-order valence-corrected chi connectivity index (χ2v) is 7.44. The van der Waals surface area contributed by atoms with Gasteiger partial charge in [-0.05, 0) is 25.5 Å². The van der Waals surface area contributed by atoms with E-state index in [-0.39, 0.29) is 5.91 Å². The summed E-state index contributed by atoms with van der Waals surface area (Å²) >= 11 is 0. The molecule has 2 aromatic rings. The Morgan fingerprint density at radius 1 is 1.21 bits per heavy atom. The number of methoxy groups -OCH3 is 1. The van der Waals surface area contributed by atoms with E-state index >= 15 is 0 Å². The van der Waals surface area contributed by atoms with Gasteiger partial charge in [-0.3, -0.25) is 9.00 Å². The summed E-state index contributed by atoms with van der Waals surface area (Å²) in [6, 6.07) is 15.4. The maximum atomic E-state index is 12.5. The highest BCUT2D eigenvalue weighted by atomic mass is 32.2. The number of nitrogens with one attached hydrogen (secondary N) is 1. The molecule has 0 aromatic heterocycles. The molecule has 5 heteroatoms. The van der Waals surface area contributed by atoms with Gasteiger partial charge in [0.1, 0.15) is 11.0 Å². The first-order valence-electron chi connectivity index (χ1n) is 7.83. The molecule has 128 valence electrons. The predicted octanol–water partition coefficient (Wildman–Crippen LogP) is 2.96. The van der Waals surface area contributed by atoms with Gasteiger partial charge in [-0.1, -0.05) is 48.0 Å². The van der Waals surface area contributed by atoms with Crippen molar-refractivity contribution >= 4 is 16.7 Å². The molecule has 0 aliphatic heterocycles. The van der Waals surface area contributed by atoms with E-state index in [9.17, 15) is 9.00 Å². The molecule has 0 aliphatic rings. The van der Waals surface area contributed by atoms with Crippen molar-refractivity contribution in [3.8, 4) is 5.75 Å². The van der Waals surface area contributed by atoms with E-state index in [1.165, 1.54) is 0 Å². The summed E-state index contributed by atoms with van der Waals surface area (Å²) in [7, 11) is 0.274. The van der Waals surface area contributed by atoms with Crippen molar-refractivity contribution in [3.05, 3.63) is 65.2 Å². The molecule has 2 unspecified atom stereocenters. The quantitative estimate of drug-likeness (QED) is 0.839. The standard InChI is InChI=1S/C19H23NO3S/c1-14-9-10-18(23-3)17(11-14)13-24(22)15(2)19(21)20-12-16-7-5-4-6-8-16/h4-11,15H,12-13H2,1-3H3,(H,20,21). The first-order valence-corrected chi connectivity index (χ1v) is 9.22. The molecule has 2 rings (SSSR count). The molecule has 1 N–H and O–H groups in total. The molecule has 2 aromatic carbocycles. The number of carbonyl (C=O) groups is 1. The minimum absolute atomic E-state index is 0.205. The Hall–Kier alpha value is -2.14. The van der Waals surface area contributed by atoms with Gasteiger partial charge in [0.2, 0.25) is 5.91 Å². The molecular formula is C19H23NO3S. The molecule has 0 saturated carbocycles. The minimum atomic E-state index is -1.32. The maximum Gasteiger partial charge on any atom is 0.235 e. The molecule has 0 fully saturated rings. The second-order valence-electron chi connectivity index (χ2n) is 5.69. The number of rotatable bonds is 7. The topological polar surface area (TPSA) is 55.4 Å². The number of ether oxygens (including phenoxy) is 1. The molecule has 0 heterocycles. The van der Waals surface area contributed by atoms with E-state index < -0.39 is 16.0 Å². The summed E-state index contributed by atoms with van der Waals surface area (Å²) < 4.78 is 17.9. The van der Waals surface area contributed by atoms with E-state index in [2.05, 4.69) is 5.32 Å². The third kappa shape index (κ3) is 4.93. The van der Waals surface area contributed by atoms with E-state index in [1.807, 2.05) is 55.5 Å². The van der Waals surface area contributed by atoms with E-state index in [4.69, 9.17) is 4.74 Å². The van der Waals surface area contributed by atoms with Crippen LogP contribution in [-0.4, -0.2) is 22.5 Å². The summed E-state index contributed by atoms with van der Waals surface area (Å²) in [5.41, 5.74) is 2.95. The summed E-state index contributed by atoms with van der Waals surface area (Å²) in [4.78, 5) is 12.2. The maximum absolute atomic E-state index is 12.5. The summed E-state index contributed by atoms with van der Waals surface area (Å²) in [5, 5.41) is 2.26. The number of hydrogen-bond donors (Lipinski definition) is 1. The third-order valence-corrected chi connectivity index (χ3v) is 5.41. The zero-order valence-electron chi connectivity index (χ0n) is 14.2. The molecule has 0 bridgehead atoms. The monoisotopic (exact) mass is 345 g/mol. The van der Waals surface area contributed by atoms with Crippen LogP contribution in [0, 0.1) is 6.92 Å². The van der Waals surface area contributed by atoms with Gasteiger partial charge in [0.05, 0.1) is 12.9 Å². The van der Waals surface area contributed by atoms with Gasteiger partial charge in [0, 0.05) is 22.9 Å². The molecule has 1 amide bonds. The Morgan fingerprint density at radius 2 is 1.92 bits per heavy atom. The van der Waals surface area contributed by atoms with Crippen LogP contribution in [0.4, 0.5) is 0 Å². The average molecular weight is 345 g/mol. The van der Waals surface area contributed by atoms with Crippen LogP contribution in [-0.2, 0) is 27.9 Å². The van der Waals surface area contributed by atoms with Crippen molar-refractivity contribution in [1.82, 2.24) is 5.32 Å². The zero-order valence-corrected chi connectivity index (χ0v) is 15.1. The Kier molecular flexibility index (Phi) is 6.55. The van der Waals surface area contributed by atoms with Gasteiger partial charge in [-0.25, -0.2) is 0 Å². The van der Waals surface area contributed by atoms with Crippen LogP contribution in [0.5, 0.6) is 5.75 Å². The van der Waals surface area contributed by atoms with Gasteiger partial charge in [0.15, 0.2) is 0 Å². The van der Waals surface area contributed by atoms with Crippen molar-refractivity contribution in [2.75, 3.05) is 7.11 Å². The first-order chi connectivity index (χ1) is 11.5. The zero-order chi connectivity index (χ0) is 17.5. The lowest BCUT2D eigenvalue weighted by molar-refractivity contribution is -0.120. The van der Waals surface area contributed by atoms with E-state index in [0.29, 0.717) is 18.0 Å². The van der Waals surface area contributed by atoms with Gasteiger partial charge >= 0.3 is 0 Å². The van der Waals surface area contributed by atoms with Crippen molar-refractivity contribution in [1.29, 1.82) is 0 Å². The molecule has 4 nitrogen and oxygen atoms in total. The van der Waals surface area contributed by atoms with Crippen molar-refractivity contribution in [2.24, 2.45) is 0 Å². The average Bonchev–Trinajstić information content (AvgIpc) is 2.60. The smallest absolute Gasteiger partial charge is 0.235 e. The van der Waals surface area contributed by atoms with Crippen LogP contribution in [0.25, 0.3) is 0 Å². The van der Waals surface area contributed by atoms with Gasteiger partial charge in [-0.2, -0.15) is 0 Å². The fourth-order valence-electron chi connectivity index (χ4n) is 2.35. The van der Waals surface area contributed by atoms with Gasteiger partial charge in [-0.15, -0.1) is 0 Å². The third-order valence-electron chi connectivity index (χ3n) is 3.81. The van der Waals surface area contributed by atoms with Crippen molar-refractivity contribution < 1.29 is 13.7 Å². The molecule has 0 radical (unpaired) electrons. The molecule has 0 aliphatic carbocycles. The molecule has 0 spiro atoms. The highest BCUT2D eigenvalue weighted by molar-refractivity contribution is 7.85. The highest BCUT2D eigenvalue weighted by Gasteiger charge is 2.21. The SMILES string of the molecule is COc1ccc(C)cc1CS(=O)C(C)C(=O)NCc1ccccc1. The van der Waals surface area contributed by atoms with Gasteiger partial charge in [0.25, 0.3) is 0 Å². The lowest BCUT2D eigenvalue weighted by Crippen LogP contribution is -2.35. The van der Waals surface area contributed by atoms with Crippen LogP contribution in [0.3, 0.4) is 0 Å². The number of benzene rings is 2. The Labute approximate surface area is 145 Å². The lowest BCUT2D eigenvalue weighted by Gasteiger charge is -2.14. The Bertz CT molecular complexity index is 716. The lowest BCUT2D eigenvalue weighted by atomic mass is 10.1.